The molecule has 1 heterocycles. The maximum absolute atomic E-state index is 6.21. The third kappa shape index (κ3) is 2.43. The molecule has 0 spiro atoms. The standard InChI is InChI=1S/C17H17N3/c1-13-7-9-14(10-8-13)11-15-12-19-20(17(15)18)16-5-3-2-4-6-16/h2-10,12H,11,18H2,1H3. The van der Waals surface area contributed by atoms with Gasteiger partial charge in [-0.3, -0.25) is 0 Å². The summed E-state index contributed by atoms with van der Waals surface area (Å²) in [5.74, 6) is 0.705. The molecule has 0 saturated heterocycles. The summed E-state index contributed by atoms with van der Waals surface area (Å²) in [5, 5.41) is 4.39. The molecule has 2 aromatic carbocycles. The van der Waals surface area contributed by atoms with Gasteiger partial charge in [-0.2, -0.15) is 5.10 Å². The van der Waals surface area contributed by atoms with Gasteiger partial charge < -0.3 is 5.73 Å². The zero-order valence-corrected chi connectivity index (χ0v) is 11.5. The van der Waals surface area contributed by atoms with E-state index in [-0.39, 0.29) is 0 Å². The number of aromatic nitrogens is 2. The molecule has 3 rings (SSSR count). The highest BCUT2D eigenvalue weighted by Crippen LogP contribution is 2.20. The van der Waals surface area contributed by atoms with E-state index >= 15 is 0 Å². The molecular formula is C17H17N3. The average Bonchev–Trinajstić information content (AvgIpc) is 2.84. The second-order valence-electron chi connectivity index (χ2n) is 4.96. The summed E-state index contributed by atoms with van der Waals surface area (Å²) in [6, 6.07) is 18.4. The summed E-state index contributed by atoms with van der Waals surface area (Å²) in [7, 11) is 0. The van der Waals surface area contributed by atoms with Gasteiger partial charge in [0.1, 0.15) is 5.82 Å². The normalized spacial score (nSPS) is 10.7. The van der Waals surface area contributed by atoms with Crippen molar-refractivity contribution in [2.45, 2.75) is 13.3 Å². The quantitative estimate of drug-likeness (QED) is 0.787. The van der Waals surface area contributed by atoms with Crippen LogP contribution in [0, 0.1) is 6.92 Å². The molecule has 2 N–H and O–H groups in total. The van der Waals surface area contributed by atoms with Gasteiger partial charge in [0.15, 0.2) is 0 Å². The van der Waals surface area contributed by atoms with Gasteiger partial charge in [-0.25, -0.2) is 4.68 Å². The number of hydrogen-bond acceptors (Lipinski definition) is 2. The summed E-state index contributed by atoms with van der Waals surface area (Å²) >= 11 is 0. The lowest BCUT2D eigenvalue weighted by Crippen LogP contribution is -2.03. The van der Waals surface area contributed by atoms with E-state index in [0.29, 0.717) is 5.82 Å². The molecule has 0 fully saturated rings. The molecule has 3 aromatic rings. The lowest BCUT2D eigenvalue weighted by Gasteiger charge is -2.05. The van der Waals surface area contributed by atoms with Gasteiger partial charge >= 0.3 is 0 Å². The number of nitrogen functional groups attached to an aromatic ring is 1. The highest BCUT2D eigenvalue weighted by molar-refractivity contribution is 5.48. The van der Waals surface area contributed by atoms with Crippen LogP contribution in [-0.4, -0.2) is 9.78 Å². The molecule has 0 bridgehead atoms. The molecule has 0 aliphatic rings. The molecule has 0 radical (unpaired) electrons. The Bertz CT molecular complexity index is 697. The van der Waals surface area contributed by atoms with Crippen LogP contribution >= 0.6 is 0 Å². The fourth-order valence-corrected chi connectivity index (χ4v) is 2.23. The van der Waals surface area contributed by atoms with Crippen molar-refractivity contribution in [2.75, 3.05) is 5.73 Å². The fraction of sp³-hybridized carbons (Fsp3) is 0.118. The van der Waals surface area contributed by atoms with Gasteiger partial charge in [0.2, 0.25) is 0 Å². The van der Waals surface area contributed by atoms with Gasteiger partial charge in [-0.05, 0) is 24.6 Å². The molecule has 3 heteroatoms. The molecule has 1 aromatic heterocycles. The summed E-state index contributed by atoms with van der Waals surface area (Å²) < 4.78 is 1.78. The monoisotopic (exact) mass is 263 g/mol. The Kier molecular flexibility index (Phi) is 3.25. The van der Waals surface area contributed by atoms with Gasteiger partial charge in [0.25, 0.3) is 0 Å². The molecule has 100 valence electrons. The minimum absolute atomic E-state index is 0.705. The number of nitrogens with two attached hydrogens (primary N) is 1. The van der Waals surface area contributed by atoms with Gasteiger partial charge in [0.05, 0.1) is 11.9 Å². The van der Waals surface area contributed by atoms with Crippen molar-refractivity contribution in [3.8, 4) is 5.69 Å². The first-order valence-corrected chi connectivity index (χ1v) is 6.67. The zero-order valence-electron chi connectivity index (χ0n) is 11.5. The maximum atomic E-state index is 6.21. The summed E-state index contributed by atoms with van der Waals surface area (Å²) in [6.45, 7) is 2.09. The molecule has 3 nitrogen and oxygen atoms in total. The number of aryl methyl sites for hydroxylation is 1. The van der Waals surface area contributed by atoms with Crippen molar-refractivity contribution in [2.24, 2.45) is 0 Å². The second-order valence-corrected chi connectivity index (χ2v) is 4.96. The minimum Gasteiger partial charge on any atom is -0.383 e. The average molecular weight is 263 g/mol. The Morgan fingerprint density at radius 2 is 1.70 bits per heavy atom. The van der Waals surface area contributed by atoms with E-state index in [4.69, 9.17) is 5.73 Å². The van der Waals surface area contributed by atoms with Crippen molar-refractivity contribution in [3.05, 3.63) is 77.5 Å². The Morgan fingerprint density at radius 1 is 1.00 bits per heavy atom. The van der Waals surface area contributed by atoms with Crippen LogP contribution in [0.1, 0.15) is 16.7 Å². The lowest BCUT2D eigenvalue weighted by atomic mass is 10.1. The van der Waals surface area contributed by atoms with E-state index in [1.807, 2.05) is 36.5 Å². The van der Waals surface area contributed by atoms with Crippen LogP contribution in [0.5, 0.6) is 0 Å². The zero-order chi connectivity index (χ0) is 13.9. The predicted molar refractivity (Wildman–Crippen MR) is 82.0 cm³/mol. The number of benzene rings is 2. The van der Waals surface area contributed by atoms with Crippen molar-refractivity contribution >= 4 is 5.82 Å². The maximum Gasteiger partial charge on any atom is 0.130 e. The summed E-state index contributed by atoms with van der Waals surface area (Å²) in [5.41, 5.74) is 10.8. The van der Waals surface area contributed by atoms with E-state index < -0.39 is 0 Å². The SMILES string of the molecule is Cc1ccc(Cc2cnn(-c3ccccc3)c2N)cc1. The van der Waals surface area contributed by atoms with Crippen molar-refractivity contribution in [1.82, 2.24) is 9.78 Å². The molecule has 0 atom stereocenters. The third-order valence-corrected chi connectivity index (χ3v) is 3.40. The van der Waals surface area contributed by atoms with Crippen molar-refractivity contribution in [3.63, 3.8) is 0 Å². The second kappa shape index (κ2) is 5.21. The molecule has 0 unspecified atom stereocenters. The minimum atomic E-state index is 0.705. The van der Waals surface area contributed by atoms with Crippen LogP contribution in [-0.2, 0) is 6.42 Å². The van der Waals surface area contributed by atoms with E-state index in [2.05, 4.69) is 36.3 Å². The molecule has 0 aliphatic carbocycles. The summed E-state index contributed by atoms with van der Waals surface area (Å²) in [6.07, 6.45) is 2.65. The summed E-state index contributed by atoms with van der Waals surface area (Å²) in [4.78, 5) is 0. The number of nitrogens with zero attached hydrogens (tertiary/aromatic N) is 2. The Balaban J connectivity index is 1.89. The molecule has 20 heavy (non-hydrogen) atoms. The van der Waals surface area contributed by atoms with E-state index in [0.717, 1.165) is 17.7 Å². The number of rotatable bonds is 3. The van der Waals surface area contributed by atoms with E-state index in [9.17, 15) is 0 Å². The number of hydrogen-bond donors (Lipinski definition) is 1. The highest BCUT2D eigenvalue weighted by Gasteiger charge is 2.09. The van der Waals surface area contributed by atoms with Crippen molar-refractivity contribution in [1.29, 1.82) is 0 Å². The largest absolute Gasteiger partial charge is 0.383 e. The number of anilines is 1. The first-order chi connectivity index (χ1) is 9.74. The van der Waals surface area contributed by atoms with Crippen LogP contribution < -0.4 is 5.73 Å². The molecule has 0 aliphatic heterocycles. The smallest absolute Gasteiger partial charge is 0.130 e. The Labute approximate surface area is 118 Å². The highest BCUT2D eigenvalue weighted by atomic mass is 15.3. The third-order valence-electron chi connectivity index (χ3n) is 3.40. The van der Waals surface area contributed by atoms with Crippen LogP contribution in [0.25, 0.3) is 5.69 Å². The Morgan fingerprint density at radius 3 is 2.40 bits per heavy atom. The number of para-hydroxylation sites is 1. The van der Waals surface area contributed by atoms with E-state index in [1.165, 1.54) is 11.1 Å². The van der Waals surface area contributed by atoms with Gasteiger partial charge in [0, 0.05) is 12.0 Å². The topological polar surface area (TPSA) is 43.8 Å². The van der Waals surface area contributed by atoms with Gasteiger partial charge in [-0.15, -0.1) is 0 Å². The van der Waals surface area contributed by atoms with Crippen LogP contribution in [0.15, 0.2) is 60.8 Å². The van der Waals surface area contributed by atoms with Crippen LogP contribution in [0.3, 0.4) is 0 Å². The van der Waals surface area contributed by atoms with Crippen LogP contribution in [0.2, 0.25) is 0 Å². The van der Waals surface area contributed by atoms with Gasteiger partial charge in [-0.1, -0.05) is 48.0 Å². The molecular weight excluding hydrogens is 246 g/mol. The van der Waals surface area contributed by atoms with Crippen molar-refractivity contribution < 1.29 is 0 Å². The predicted octanol–water partition coefficient (Wildman–Crippen LogP) is 3.35. The first-order valence-electron chi connectivity index (χ1n) is 6.67. The first kappa shape index (κ1) is 12.5. The molecule has 0 saturated carbocycles. The van der Waals surface area contributed by atoms with E-state index in [1.54, 1.807) is 4.68 Å². The van der Waals surface area contributed by atoms with Crippen LogP contribution in [0.4, 0.5) is 5.82 Å². The Hall–Kier alpha value is -2.55. The fourth-order valence-electron chi connectivity index (χ4n) is 2.23. The molecule has 0 amide bonds. The lowest BCUT2D eigenvalue weighted by molar-refractivity contribution is 0.891.